The molecule has 40 heavy (non-hydrogen) atoms. The molecule has 2 atom stereocenters. The van der Waals surface area contributed by atoms with Gasteiger partial charge in [0.05, 0.1) is 33.4 Å². The second kappa shape index (κ2) is 12.4. The minimum Gasteiger partial charge on any atom is -0.492 e. The van der Waals surface area contributed by atoms with Gasteiger partial charge in [0.2, 0.25) is 0 Å². The molecule has 8 nitrogen and oxygen atoms in total. The largest absolute Gasteiger partial charge is 0.492 e. The molecule has 3 aromatic carbocycles. The molecule has 2 aliphatic rings. The Morgan fingerprint density at radius 2 is 1.88 bits per heavy atom. The van der Waals surface area contributed by atoms with Crippen molar-refractivity contribution in [3.8, 4) is 28.4 Å². The van der Waals surface area contributed by atoms with Crippen LogP contribution in [0.1, 0.15) is 47.9 Å². The van der Waals surface area contributed by atoms with Gasteiger partial charge in [-0.15, -0.1) is 0 Å². The van der Waals surface area contributed by atoms with E-state index in [9.17, 15) is 9.59 Å². The van der Waals surface area contributed by atoms with E-state index in [-0.39, 0.29) is 37.0 Å². The summed E-state index contributed by atoms with van der Waals surface area (Å²) in [7, 11) is 1.39. The van der Waals surface area contributed by atoms with Gasteiger partial charge in [-0.05, 0) is 53.4 Å². The fourth-order valence-electron chi connectivity index (χ4n) is 5.18. The third-order valence-corrected chi connectivity index (χ3v) is 7.14. The third kappa shape index (κ3) is 6.57. The van der Waals surface area contributed by atoms with Gasteiger partial charge in [0, 0.05) is 36.5 Å². The zero-order valence-corrected chi connectivity index (χ0v) is 23.1. The molecule has 0 bridgehead atoms. The predicted molar refractivity (Wildman–Crippen MR) is 148 cm³/mol. The first-order chi connectivity index (χ1) is 19.4. The number of hydrogen-bond acceptors (Lipinski definition) is 8. The lowest BCUT2D eigenvalue weighted by Crippen LogP contribution is -2.16. The number of fused-ring (bicyclic) bond motifs is 1. The SMILES string of the molecule is COC(=O)CC1COc2cc(OCc3cccc(-c4c(C)cc(OC5CCOC5)cc4COC(C)=O)c3)ccc21. The molecule has 2 heterocycles. The molecule has 1 saturated heterocycles. The van der Waals surface area contributed by atoms with Crippen LogP contribution in [0.15, 0.2) is 54.6 Å². The Morgan fingerprint density at radius 3 is 2.65 bits per heavy atom. The minimum absolute atomic E-state index is 0.0131. The Labute approximate surface area is 234 Å². The predicted octanol–water partition coefficient (Wildman–Crippen LogP) is 5.51. The van der Waals surface area contributed by atoms with Crippen LogP contribution in [0.25, 0.3) is 11.1 Å². The van der Waals surface area contributed by atoms with Gasteiger partial charge in [-0.25, -0.2) is 0 Å². The molecule has 0 amide bonds. The Bertz CT molecular complexity index is 1380. The molecule has 210 valence electrons. The molecule has 0 aromatic heterocycles. The van der Waals surface area contributed by atoms with Gasteiger partial charge in [0.25, 0.3) is 0 Å². The van der Waals surface area contributed by atoms with E-state index < -0.39 is 0 Å². The number of carbonyl (C=O) groups excluding carboxylic acids is 2. The average molecular weight is 547 g/mol. The van der Waals surface area contributed by atoms with Gasteiger partial charge < -0.3 is 28.4 Å². The fourth-order valence-corrected chi connectivity index (χ4v) is 5.18. The first-order valence-electron chi connectivity index (χ1n) is 13.5. The number of rotatable bonds is 10. The molecule has 5 rings (SSSR count). The van der Waals surface area contributed by atoms with E-state index in [0.29, 0.717) is 32.2 Å². The van der Waals surface area contributed by atoms with Crippen molar-refractivity contribution >= 4 is 11.9 Å². The summed E-state index contributed by atoms with van der Waals surface area (Å²) in [4.78, 5) is 23.3. The fraction of sp³-hybridized carbons (Fsp3) is 0.375. The van der Waals surface area contributed by atoms with Crippen LogP contribution in [0.4, 0.5) is 0 Å². The van der Waals surface area contributed by atoms with E-state index in [0.717, 1.165) is 51.3 Å². The second-order valence-electron chi connectivity index (χ2n) is 10.1. The highest BCUT2D eigenvalue weighted by Gasteiger charge is 2.27. The third-order valence-electron chi connectivity index (χ3n) is 7.14. The molecule has 2 unspecified atom stereocenters. The number of aryl methyl sites for hydroxylation is 1. The molecular formula is C32H34O8. The van der Waals surface area contributed by atoms with Crippen molar-refractivity contribution < 1.29 is 38.0 Å². The first kappa shape index (κ1) is 27.5. The lowest BCUT2D eigenvalue weighted by molar-refractivity contribution is -0.142. The maximum absolute atomic E-state index is 11.7. The van der Waals surface area contributed by atoms with Gasteiger partial charge in [0.15, 0.2) is 0 Å². The monoisotopic (exact) mass is 546 g/mol. The van der Waals surface area contributed by atoms with Crippen LogP contribution in [-0.4, -0.2) is 45.0 Å². The highest BCUT2D eigenvalue weighted by Crippen LogP contribution is 2.39. The lowest BCUT2D eigenvalue weighted by atomic mass is 9.93. The summed E-state index contributed by atoms with van der Waals surface area (Å²) in [5.41, 5.74) is 5.88. The molecule has 8 heteroatoms. The Balaban J connectivity index is 1.32. The molecule has 0 saturated carbocycles. The van der Waals surface area contributed by atoms with Crippen LogP contribution in [0.3, 0.4) is 0 Å². The maximum atomic E-state index is 11.7. The molecule has 0 radical (unpaired) electrons. The normalized spacial score (nSPS) is 17.6. The highest BCUT2D eigenvalue weighted by molar-refractivity contribution is 5.73. The maximum Gasteiger partial charge on any atom is 0.306 e. The quantitative estimate of drug-likeness (QED) is 0.308. The van der Waals surface area contributed by atoms with Crippen molar-refractivity contribution in [2.75, 3.05) is 26.9 Å². The van der Waals surface area contributed by atoms with E-state index >= 15 is 0 Å². The molecular weight excluding hydrogens is 512 g/mol. The van der Waals surface area contributed by atoms with E-state index in [2.05, 4.69) is 6.07 Å². The summed E-state index contributed by atoms with van der Waals surface area (Å²) >= 11 is 0. The summed E-state index contributed by atoms with van der Waals surface area (Å²) in [6.45, 7) is 5.67. The van der Waals surface area contributed by atoms with Gasteiger partial charge >= 0.3 is 11.9 Å². The zero-order chi connectivity index (χ0) is 28.1. The topological polar surface area (TPSA) is 89.5 Å². The van der Waals surface area contributed by atoms with Crippen molar-refractivity contribution in [3.63, 3.8) is 0 Å². The number of benzene rings is 3. The molecule has 3 aromatic rings. The number of esters is 2. The summed E-state index contributed by atoms with van der Waals surface area (Å²) in [5.74, 6) is 1.56. The van der Waals surface area contributed by atoms with Crippen molar-refractivity contribution in [2.24, 2.45) is 0 Å². The van der Waals surface area contributed by atoms with Crippen LogP contribution in [0, 0.1) is 6.92 Å². The summed E-state index contributed by atoms with van der Waals surface area (Å²) in [6.07, 6.45) is 1.17. The molecule has 1 fully saturated rings. The van der Waals surface area contributed by atoms with Gasteiger partial charge in [-0.1, -0.05) is 24.3 Å². The van der Waals surface area contributed by atoms with Crippen LogP contribution in [0.2, 0.25) is 0 Å². The Hall–Kier alpha value is -4.04. The lowest BCUT2D eigenvalue weighted by Gasteiger charge is -2.19. The van der Waals surface area contributed by atoms with Crippen LogP contribution >= 0.6 is 0 Å². The van der Waals surface area contributed by atoms with Crippen molar-refractivity contribution in [2.45, 2.75) is 51.9 Å². The van der Waals surface area contributed by atoms with E-state index in [1.807, 2.05) is 55.5 Å². The van der Waals surface area contributed by atoms with Crippen LogP contribution < -0.4 is 14.2 Å². The van der Waals surface area contributed by atoms with Crippen molar-refractivity contribution in [3.05, 3.63) is 76.9 Å². The number of methoxy groups -OCH3 is 1. The van der Waals surface area contributed by atoms with Crippen molar-refractivity contribution in [1.29, 1.82) is 0 Å². The van der Waals surface area contributed by atoms with Gasteiger partial charge in [-0.3, -0.25) is 9.59 Å². The number of carbonyl (C=O) groups is 2. The van der Waals surface area contributed by atoms with E-state index in [1.54, 1.807) is 0 Å². The van der Waals surface area contributed by atoms with E-state index in [4.69, 9.17) is 28.4 Å². The highest BCUT2D eigenvalue weighted by atomic mass is 16.5. The van der Waals surface area contributed by atoms with Gasteiger partial charge in [-0.2, -0.15) is 0 Å². The molecule has 0 N–H and O–H groups in total. The average Bonchev–Trinajstić information content (AvgIpc) is 3.60. The van der Waals surface area contributed by atoms with Crippen LogP contribution in [-0.2, 0) is 37.0 Å². The van der Waals surface area contributed by atoms with Crippen molar-refractivity contribution in [1.82, 2.24) is 0 Å². The number of hydrogen-bond donors (Lipinski definition) is 0. The second-order valence-corrected chi connectivity index (χ2v) is 10.1. The molecule has 0 aliphatic carbocycles. The smallest absolute Gasteiger partial charge is 0.306 e. The van der Waals surface area contributed by atoms with Crippen LogP contribution in [0.5, 0.6) is 17.2 Å². The summed E-state index contributed by atoms with van der Waals surface area (Å²) in [6, 6.07) is 17.8. The Kier molecular flexibility index (Phi) is 8.55. The summed E-state index contributed by atoms with van der Waals surface area (Å²) < 4.78 is 33.7. The summed E-state index contributed by atoms with van der Waals surface area (Å²) in [5, 5.41) is 0. The first-order valence-corrected chi connectivity index (χ1v) is 13.5. The van der Waals surface area contributed by atoms with Gasteiger partial charge in [0.1, 0.15) is 36.6 Å². The molecule has 0 spiro atoms. The Morgan fingerprint density at radius 1 is 1.00 bits per heavy atom. The zero-order valence-electron chi connectivity index (χ0n) is 23.1. The van der Waals surface area contributed by atoms with E-state index in [1.165, 1.54) is 14.0 Å². The minimum atomic E-state index is -0.337. The standard InChI is InChI=1S/C32H34O8/c1-20-11-28(40-27-9-10-36-19-27)13-25(18-37-21(2)33)32(20)23-6-4-5-22(12-23)16-38-26-7-8-29-24(14-31(34)35-3)17-39-30(29)15-26/h4-8,11-13,15,24,27H,9-10,14,16-19H2,1-3H3. The molecule has 2 aliphatic heterocycles. The number of ether oxygens (including phenoxy) is 6.